The first kappa shape index (κ1) is 24.5. The Morgan fingerprint density at radius 1 is 0.432 bits per heavy atom. The zero-order chi connectivity index (χ0) is 29.0. The predicted molar refractivity (Wildman–Crippen MR) is 177 cm³/mol. The number of fused-ring (bicyclic) bond motifs is 7. The number of benzene rings is 5. The van der Waals surface area contributed by atoms with E-state index in [4.69, 9.17) is 19.9 Å². The van der Waals surface area contributed by atoms with Crippen LogP contribution in [0.25, 0.3) is 78.3 Å². The minimum Gasteiger partial charge on any atom is -0.306 e. The van der Waals surface area contributed by atoms with Crippen molar-refractivity contribution in [1.29, 1.82) is 0 Å². The van der Waals surface area contributed by atoms with Gasteiger partial charge in [-0.1, -0.05) is 103 Å². The van der Waals surface area contributed by atoms with Gasteiger partial charge in [-0.15, -0.1) is 0 Å². The Hall–Kier alpha value is -6.14. The molecule has 0 saturated carbocycles. The van der Waals surface area contributed by atoms with E-state index in [9.17, 15) is 0 Å². The lowest BCUT2D eigenvalue weighted by molar-refractivity contribution is 1.07. The molecule has 6 heteroatoms. The summed E-state index contributed by atoms with van der Waals surface area (Å²) in [6.45, 7) is 0. The summed E-state index contributed by atoms with van der Waals surface area (Å²) in [5.74, 6) is 1.90. The quantitative estimate of drug-likeness (QED) is 0.214. The summed E-state index contributed by atoms with van der Waals surface area (Å²) < 4.78 is 4.49. The van der Waals surface area contributed by atoms with Crippen molar-refractivity contribution in [1.82, 2.24) is 28.9 Å². The molecule has 4 heterocycles. The fraction of sp³-hybridized carbons (Fsp3) is 0. The maximum Gasteiger partial charge on any atom is 0.164 e. The molecule has 9 rings (SSSR count). The standard InChI is InChI=1S/C38H24N6/c1-3-12-25(13-4-1)35-40-36(26-14-5-2-6-15-26)42-37(41-35)27-16-11-17-28(24-27)44-32-20-9-7-18-29(32)30-22-23-43-33-21-10-8-19-31(33)39-38(43)34(30)44/h1-24H. The molecule has 0 aliphatic heterocycles. The van der Waals surface area contributed by atoms with Crippen molar-refractivity contribution in [3.05, 3.63) is 146 Å². The van der Waals surface area contributed by atoms with Crippen LogP contribution in [-0.2, 0) is 0 Å². The molecule has 5 aromatic carbocycles. The highest BCUT2D eigenvalue weighted by Gasteiger charge is 2.19. The van der Waals surface area contributed by atoms with Crippen LogP contribution < -0.4 is 0 Å². The van der Waals surface area contributed by atoms with Gasteiger partial charge in [-0.3, -0.25) is 4.40 Å². The van der Waals surface area contributed by atoms with E-state index < -0.39 is 0 Å². The molecule has 0 bridgehead atoms. The smallest absolute Gasteiger partial charge is 0.164 e. The second-order valence-electron chi connectivity index (χ2n) is 10.8. The molecule has 0 fully saturated rings. The highest BCUT2D eigenvalue weighted by molar-refractivity contribution is 6.14. The molecule has 0 aliphatic carbocycles. The second-order valence-corrected chi connectivity index (χ2v) is 10.8. The fourth-order valence-electron chi connectivity index (χ4n) is 6.16. The zero-order valence-electron chi connectivity index (χ0n) is 23.5. The summed E-state index contributed by atoms with van der Waals surface area (Å²) in [7, 11) is 0. The predicted octanol–water partition coefficient (Wildman–Crippen LogP) is 8.77. The molecule has 4 aromatic heterocycles. The molecule has 44 heavy (non-hydrogen) atoms. The topological polar surface area (TPSA) is 60.9 Å². The van der Waals surface area contributed by atoms with Gasteiger partial charge >= 0.3 is 0 Å². The summed E-state index contributed by atoms with van der Waals surface area (Å²) in [5.41, 5.74) is 8.96. The lowest BCUT2D eigenvalue weighted by Crippen LogP contribution is -2.01. The second kappa shape index (κ2) is 9.71. The van der Waals surface area contributed by atoms with Crippen LogP contribution in [0.1, 0.15) is 0 Å². The van der Waals surface area contributed by atoms with Crippen LogP contribution >= 0.6 is 0 Å². The molecule has 0 N–H and O–H groups in total. The van der Waals surface area contributed by atoms with Gasteiger partial charge in [-0.25, -0.2) is 19.9 Å². The van der Waals surface area contributed by atoms with Crippen molar-refractivity contribution in [3.8, 4) is 39.9 Å². The number of rotatable bonds is 4. The van der Waals surface area contributed by atoms with Crippen molar-refractivity contribution >= 4 is 38.5 Å². The maximum absolute atomic E-state index is 5.10. The van der Waals surface area contributed by atoms with Crippen LogP contribution in [0.5, 0.6) is 0 Å². The van der Waals surface area contributed by atoms with Crippen molar-refractivity contribution in [3.63, 3.8) is 0 Å². The van der Waals surface area contributed by atoms with Gasteiger partial charge in [0, 0.05) is 39.3 Å². The normalized spacial score (nSPS) is 11.6. The van der Waals surface area contributed by atoms with Crippen LogP contribution in [0.4, 0.5) is 0 Å². The van der Waals surface area contributed by atoms with E-state index in [0.717, 1.165) is 55.5 Å². The van der Waals surface area contributed by atoms with E-state index in [-0.39, 0.29) is 0 Å². The molecule has 0 radical (unpaired) electrons. The Labute approximate surface area is 252 Å². The SMILES string of the molecule is c1ccc(-c2nc(-c3ccccc3)nc(-c3cccc(-n4c5ccccc5c5ccn6c7ccccc7nc6c54)c3)n2)cc1. The molecule has 0 aliphatic rings. The van der Waals surface area contributed by atoms with Crippen LogP contribution in [0.2, 0.25) is 0 Å². The van der Waals surface area contributed by atoms with E-state index in [1.807, 2.05) is 66.7 Å². The largest absolute Gasteiger partial charge is 0.306 e. The zero-order valence-corrected chi connectivity index (χ0v) is 23.5. The summed E-state index contributed by atoms with van der Waals surface area (Å²) in [4.78, 5) is 19.9. The first-order valence-corrected chi connectivity index (χ1v) is 14.6. The summed E-state index contributed by atoms with van der Waals surface area (Å²) in [6, 6.07) is 47.6. The van der Waals surface area contributed by atoms with Crippen molar-refractivity contribution in [2.24, 2.45) is 0 Å². The van der Waals surface area contributed by atoms with E-state index in [2.05, 4.69) is 88.0 Å². The summed E-state index contributed by atoms with van der Waals surface area (Å²) in [5, 5.41) is 2.34. The molecule has 0 saturated heterocycles. The van der Waals surface area contributed by atoms with Gasteiger partial charge in [0.1, 0.15) is 0 Å². The third-order valence-electron chi connectivity index (χ3n) is 8.17. The highest BCUT2D eigenvalue weighted by atomic mass is 15.1. The number of nitrogens with zero attached hydrogens (tertiary/aromatic N) is 6. The van der Waals surface area contributed by atoms with E-state index in [1.54, 1.807) is 0 Å². The number of para-hydroxylation sites is 3. The lowest BCUT2D eigenvalue weighted by Gasteiger charge is -2.12. The van der Waals surface area contributed by atoms with Gasteiger partial charge in [0.05, 0.1) is 22.1 Å². The van der Waals surface area contributed by atoms with Gasteiger partial charge in [0.25, 0.3) is 0 Å². The minimum absolute atomic E-state index is 0.622. The third-order valence-corrected chi connectivity index (χ3v) is 8.17. The van der Waals surface area contributed by atoms with Crippen LogP contribution in [0.3, 0.4) is 0 Å². The highest BCUT2D eigenvalue weighted by Crippen LogP contribution is 2.36. The average Bonchev–Trinajstić information content (AvgIpc) is 3.65. The summed E-state index contributed by atoms with van der Waals surface area (Å²) >= 11 is 0. The number of imidazole rings is 1. The number of pyridine rings is 1. The van der Waals surface area contributed by atoms with Crippen LogP contribution in [-0.4, -0.2) is 28.9 Å². The van der Waals surface area contributed by atoms with Gasteiger partial charge in [0.2, 0.25) is 0 Å². The number of hydrogen-bond donors (Lipinski definition) is 0. The molecule has 9 aromatic rings. The van der Waals surface area contributed by atoms with Gasteiger partial charge in [-0.2, -0.15) is 0 Å². The number of hydrogen-bond acceptors (Lipinski definition) is 4. The molecule has 0 amide bonds. The fourth-order valence-corrected chi connectivity index (χ4v) is 6.16. The number of aromatic nitrogens is 6. The minimum atomic E-state index is 0.622. The molecule has 0 atom stereocenters. The maximum atomic E-state index is 5.10. The van der Waals surface area contributed by atoms with Gasteiger partial charge < -0.3 is 4.57 Å². The van der Waals surface area contributed by atoms with Crippen molar-refractivity contribution in [2.75, 3.05) is 0 Å². The van der Waals surface area contributed by atoms with Crippen molar-refractivity contribution in [2.45, 2.75) is 0 Å². The summed E-state index contributed by atoms with van der Waals surface area (Å²) in [6.07, 6.45) is 2.13. The Bertz CT molecular complexity index is 2440. The Balaban J connectivity index is 1.30. The molecule has 0 unspecified atom stereocenters. The van der Waals surface area contributed by atoms with Gasteiger partial charge in [-0.05, 0) is 36.4 Å². The molecule has 206 valence electrons. The monoisotopic (exact) mass is 564 g/mol. The Morgan fingerprint density at radius 2 is 1.02 bits per heavy atom. The molecule has 0 spiro atoms. The first-order chi connectivity index (χ1) is 21.8. The van der Waals surface area contributed by atoms with Gasteiger partial charge in [0.15, 0.2) is 23.1 Å². The van der Waals surface area contributed by atoms with E-state index in [1.165, 1.54) is 5.39 Å². The molecular formula is C38H24N6. The Morgan fingerprint density at radius 3 is 1.75 bits per heavy atom. The van der Waals surface area contributed by atoms with E-state index in [0.29, 0.717) is 17.5 Å². The lowest BCUT2D eigenvalue weighted by atomic mass is 10.1. The van der Waals surface area contributed by atoms with Crippen LogP contribution in [0.15, 0.2) is 146 Å². The molecular weight excluding hydrogens is 540 g/mol. The average molecular weight is 565 g/mol. The Kier molecular flexibility index (Phi) is 5.40. The third kappa shape index (κ3) is 3.82. The first-order valence-electron chi connectivity index (χ1n) is 14.6. The van der Waals surface area contributed by atoms with Crippen molar-refractivity contribution < 1.29 is 0 Å². The van der Waals surface area contributed by atoms with Crippen LogP contribution in [0, 0.1) is 0 Å². The van der Waals surface area contributed by atoms with E-state index >= 15 is 0 Å². The molecule has 6 nitrogen and oxygen atoms in total.